The van der Waals surface area contributed by atoms with Gasteiger partial charge in [0.2, 0.25) is 0 Å². The Kier molecular flexibility index (Phi) is 3.74. The van der Waals surface area contributed by atoms with Crippen LogP contribution in [0, 0.1) is 6.92 Å². The Morgan fingerprint density at radius 3 is 3.00 bits per heavy atom. The summed E-state index contributed by atoms with van der Waals surface area (Å²) < 4.78 is 5.70. The molecule has 2 rings (SSSR count). The highest BCUT2D eigenvalue weighted by Gasteiger charge is 2.24. The maximum absolute atomic E-state index is 11.1. The Hall–Kier alpha value is -1.00. The molecular weight excluding hydrogens is 236 g/mol. The van der Waals surface area contributed by atoms with Crippen LogP contribution in [-0.4, -0.2) is 23.4 Å². The Bertz CT molecular complexity index is 443. The number of thioether (sulfide) groups is 1. The fraction of sp³-hybridized carbons (Fsp3) is 0.462. The van der Waals surface area contributed by atoms with Gasteiger partial charge in [0.25, 0.3) is 0 Å². The van der Waals surface area contributed by atoms with E-state index in [-0.39, 0.29) is 6.10 Å². The molecule has 1 aliphatic heterocycles. The van der Waals surface area contributed by atoms with E-state index in [0.717, 1.165) is 28.2 Å². The van der Waals surface area contributed by atoms with Crippen molar-refractivity contribution in [2.45, 2.75) is 31.3 Å². The predicted octanol–water partition coefficient (Wildman–Crippen LogP) is 3.27. The molecular formula is C13H16O3S. The Morgan fingerprint density at radius 1 is 1.59 bits per heavy atom. The van der Waals surface area contributed by atoms with E-state index in [9.17, 15) is 4.79 Å². The van der Waals surface area contributed by atoms with Crippen molar-refractivity contribution < 1.29 is 14.6 Å². The number of benzene rings is 1. The average Bonchev–Trinajstić information content (AvgIpc) is 2.30. The zero-order valence-electron chi connectivity index (χ0n) is 10.0. The lowest BCUT2D eigenvalue weighted by molar-refractivity contribution is 0.0572. The molecule has 1 aromatic carbocycles. The summed E-state index contributed by atoms with van der Waals surface area (Å²) in [7, 11) is 0. The summed E-state index contributed by atoms with van der Waals surface area (Å²) in [6.45, 7) is 4.55. The van der Waals surface area contributed by atoms with E-state index in [0.29, 0.717) is 12.2 Å². The lowest BCUT2D eigenvalue weighted by Crippen LogP contribution is -2.13. The van der Waals surface area contributed by atoms with Crippen LogP contribution in [0.25, 0.3) is 0 Å². The van der Waals surface area contributed by atoms with Crippen LogP contribution in [0.3, 0.4) is 0 Å². The molecule has 0 aromatic heterocycles. The highest BCUT2D eigenvalue weighted by molar-refractivity contribution is 7.99. The third-order valence-corrected chi connectivity index (χ3v) is 4.28. The Labute approximate surface area is 105 Å². The van der Waals surface area contributed by atoms with Gasteiger partial charge in [0.05, 0.1) is 11.7 Å². The molecule has 1 heterocycles. The van der Waals surface area contributed by atoms with Gasteiger partial charge in [0.15, 0.2) is 0 Å². The molecule has 1 unspecified atom stereocenters. The molecule has 0 spiro atoms. The van der Waals surface area contributed by atoms with E-state index in [1.54, 1.807) is 17.8 Å². The van der Waals surface area contributed by atoms with Crippen LogP contribution >= 0.6 is 11.8 Å². The van der Waals surface area contributed by atoms with E-state index in [1.165, 1.54) is 0 Å². The second-order valence-electron chi connectivity index (χ2n) is 4.04. The van der Waals surface area contributed by atoms with E-state index >= 15 is 0 Å². The first-order valence-corrected chi connectivity index (χ1v) is 6.75. The molecule has 1 N–H and O–H groups in total. The van der Waals surface area contributed by atoms with Crippen LogP contribution in [0.5, 0.6) is 0 Å². The van der Waals surface area contributed by atoms with E-state index in [4.69, 9.17) is 9.84 Å². The number of carboxylic acid groups (broad SMARTS) is 1. The van der Waals surface area contributed by atoms with E-state index < -0.39 is 5.97 Å². The summed E-state index contributed by atoms with van der Waals surface area (Å²) in [5.74, 6) is 0.131. The normalized spacial score (nSPS) is 18.8. The van der Waals surface area contributed by atoms with Crippen LogP contribution in [0.15, 0.2) is 17.0 Å². The third kappa shape index (κ3) is 2.33. The molecule has 3 nitrogen and oxygen atoms in total. The second-order valence-corrected chi connectivity index (χ2v) is 5.15. The summed E-state index contributed by atoms with van der Waals surface area (Å²) in [6, 6.07) is 3.59. The maximum Gasteiger partial charge on any atom is 0.335 e. The Morgan fingerprint density at radius 2 is 2.35 bits per heavy atom. The van der Waals surface area contributed by atoms with Crippen LogP contribution < -0.4 is 0 Å². The number of hydrogen-bond donors (Lipinski definition) is 1. The number of carboxylic acids is 1. The quantitative estimate of drug-likeness (QED) is 0.897. The van der Waals surface area contributed by atoms with Crippen molar-refractivity contribution in [3.05, 3.63) is 28.8 Å². The number of aromatic carboxylic acids is 1. The second kappa shape index (κ2) is 5.10. The van der Waals surface area contributed by atoms with Crippen molar-refractivity contribution in [3.63, 3.8) is 0 Å². The number of hydrogen-bond acceptors (Lipinski definition) is 3. The van der Waals surface area contributed by atoms with Crippen LogP contribution in [-0.2, 0) is 4.74 Å². The van der Waals surface area contributed by atoms with Gasteiger partial charge in [-0.3, -0.25) is 0 Å². The minimum absolute atomic E-state index is 0.123. The number of carbonyl (C=O) groups is 1. The SMILES string of the molecule is CCOC1CCSc2c1ccc(C(=O)O)c2C. The fourth-order valence-electron chi connectivity index (χ4n) is 2.19. The van der Waals surface area contributed by atoms with Gasteiger partial charge in [-0.25, -0.2) is 4.79 Å². The van der Waals surface area contributed by atoms with Crippen LogP contribution in [0.4, 0.5) is 0 Å². The zero-order chi connectivity index (χ0) is 12.4. The topological polar surface area (TPSA) is 46.5 Å². The molecule has 4 heteroatoms. The molecule has 0 radical (unpaired) electrons. The first kappa shape index (κ1) is 12.5. The first-order valence-electron chi connectivity index (χ1n) is 5.76. The summed E-state index contributed by atoms with van der Waals surface area (Å²) in [4.78, 5) is 12.2. The number of fused-ring (bicyclic) bond motifs is 1. The highest BCUT2D eigenvalue weighted by atomic mass is 32.2. The summed E-state index contributed by atoms with van der Waals surface area (Å²) >= 11 is 1.73. The molecule has 1 atom stereocenters. The van der Waals surface area contributed by atoms with Gasteiger partial charge in [0, 0.05) is 17.3 Å². The van der Waals surface area contributed by atoms with Gasteiger partial charge in [-0.2, -0.15) is 0 Å². The van der Waals surface area contributed by atoms with Gasteiger partial charge >= 0.3 is 5.97 Å². The van der Waals surface area contributed by atoms with Crippen molar-refractivity contribution in [3.8, 4) is 0 Å². The molecule has 0 fully saturated rings. The number of ether oxygens (including phenoxy) is 1. The lowest BCUT2D eigenvalue weighted by Gasteiger charge is -2.26. The standard InChI is InChI=1S/C13H16O3S/c1-3-16-11-6-7-17-12-8(2)9(13(14)15)4-5-10(11)12/h4-5,11H,3,6-7H2,1-2H3,(H,14,15). The van der Waals surface area contributed by atoms with Crippen molar-refractivity contribution in [1.82, 2.24) is 0 Å². The highest BCUT2D eigenvalue weighted by Crippen LogP contribution is 2.40. The maximum atomic E-state index is 11.1. The minimum Gasteiger partial charge on any atom is -0.478 e. The number of rotatable bonds is 3. The van der Waals surface area contributed by atoms with Crippen LogP contribution in [0.1, 0.15) is 40.9 Å². The fourth-order valence-corrected chi connectivity index (χ4v) is 3.42. The monoisotopic (exact) mass is 252 g/mol. The summed E-state index contributed by atoms with van der Waals surface area (Å²) in [5, 5.41) is 9.10. The molecule has 0 amide bonds. The molecule has 0 bridgehead atoms. The molecule has 0 saturated heterocycles. The molecule has 0 aliphatic carbocycles. The van der Waals surface area contributed by atoms with Gasteiger partial charge in [-0.1, -0.05) is 6.07 Å². The van der Waals surface area contributed by atoms with Crippen molar-refractivity contribution in [1.29, 1.82) is 0 Å². The van der Waals surface area contributed by atoms with E-state index in [2.05, 4.69) is 0 Å². The molecule has 1 aliphatic rings. The van der Waals surface area contributed by atoms with Gasteiger partial charge in [0.1, 0.15) is 0 Å². The summed E-state index contributed by atoms with van der Waals surface area (Å²) in [5.41, 5.74) is 2.41. The van der Waals surface area contributed by atoms with Crippen molar-refractivity contribution in [2.24, 2.45) is 0 Å². The molecule has 92 valence electrons. The smallest absolute Gasteiger partial charge is 0.335 e. The molecule has 17 heavy (non-hydrogen) atoms. The molecule has 1 aromatic rings. The molecule has 0 saturated carbocycles. The predicted molar refractivity (Wildman–Crippen MR) is 67.8 cm³/mol. The van der Waals surface area contributed by atoms with Gasteiger partial charge < -0.3 is 9.84 Å². The third-order valence-electron chi connectivity index (χ3n) is 3.01. The zero-order valence-corrected chi connectivity index (χ0v) is 10.8. The Balaban J connectivity index is 2.45. The van der Waals surface area contributed by atoms with Gasteiger partial charge in [-0.05, 0) is 37.5 Å². The summed E-state index contributed by atoms with van der Waals surface area (Å²) in [6.07, 6.45) is 1.12. The van der Waals surface area contributed by atoms with Gasteiger partial charge in [-0.15, -0.1) is 11.8 Å². The van der Waals surface area contributed by atoms with Crippen molar-refractivity contribution >= 4 is 17.7 Å². The lowest BCUT2D eigenvalue weighted by atomic mass is 9.99. The average molecular weight is 252 g/mol. The first-order chi connectivity index (χ1) is 8.15. The van der Waals surface area contributed by atoms with E-state index in [1.807, 2.05) is 19.9 Å². The van der Waals surface area contributed by atoms with Crippen LogP contribution in [0.2, 0.25) is 0 Å². The largest absolute Gasteiger partial charge is 0.478 e. The van der Waals surface area contributed by atoms with Crippen molar-refractivity contribution in [2.75, 3.05) is 12.4 Å². The minimum atomic E-state index is -0.857.